The lowest BCUT2D eigenvalue weighted by Gasteiger charge is -2.35. The number of aliphatic carboxylic acids is 1. The van der Waals surface area contributed by atoms with Gasteiger partial charge in [0.2, 0.25) is 0 Å². The van der Waals surface area contributed by atoms with Crippen molar-refractivity contribution in [2.75, 3.05) is 5.32 Å². The Morgan fingerprint density at radius 3 is 2.27 bits per heavy atom. The Bertz CT molecular complexity index is 1030. The number of carboxylic acid groups (broad SMARTS) is 1. The molecule has 2 aromatic rings. The molecule has 1 aliphatic heterocycles. The molecule has 1 aliphatic carbocycles. The van der Waals surface area contributed by atoms with Crippen molar-refractivity contribution in [3.8, 4) is 0 Å². The number of carbonyl (C=O) groups is 2. The molecule has 0 bridgehead atoms. The van der Waals surface area contributed by atoms with E-state index in [1.54, 1.807) is 11.3 Å². The van der Waals surface area contributed by atoms with E-state index in [2.05, 4.69) is 19.2 Å². The summed E-state index contributed by atoms with van der Waals surface area (Å²) in [6.45, 7) is 4.18. The third-order valence-corrected chi connectivity index (χ3v) is 6.51. The standard InChI is InChI=1S/C18H17ClN2OS.C2HF3O2/c1-10-11(2)23-16-14(10)15(12-4-6-13(19)7-5-12)21-18(8-3-9-18)17(22)20-16;3-2(4,5)1(6)7/h4-7H,3,8-9H2,1-2H3,(H,20,22);(H,6,7). The van der Waals surface area contributed by atoms with Gasteiger partial charge in [-0.2, -0.15) is 13.2 Å². The number of thiophene rings is 1. The molecule has 1 aromatic heterocycles. The largest absolute Gasteiger partial charge is 0.490 e. The van der Waals surface area contributed by atoms with Crippen LogP contribution in [0, 0.1) is 13.8 Å². The highest BCUT2D eigenvalue weighted by molar-refractivity contribution is 7.17. The van der Waals surface area contributed by atoms with E-state index in [-0.39, 0.29) is 5.91 Å². The van der Waals surface area contributed by atoms with Gasteiger partial charge in [0, 0.05) is 21.0 Å². The maximum Gasteiger partial charge on any atom is 0.490 e. The first-order valence-corrected chi connectivity index (χ1v) is 10.2. The number of hydrogen-bond donors (Lipinski definition) is 2. The smallest absolute Gasteiger partial charge is 0.475 e. The summed E-state index contributed by atoms with van der Waals surface area (Å²) in [7, 11) is 0. The van der Waals surface area contributed by atoms with Crippen LogP contribution in [-0.4, -0.2) is 34.4 Å². The number of alkyl halides is 3. The van der Waals surface area contributed by atoms with Gasteiger partial charge in [0.1, 0.15) is 10.5 Å². The zero-order chi connectivity index (χ0) is 22.3. The highest BCUT2D eigenvalue weighted by Crippen LogP contribution is 2.44. The summed E-state index contributed by atoms with van der Waals surface area (Å²) in [5, 5.41) is 11.9. The first-order valence-electron chi connectivity index (χ1n) is 9.02. The quantitative estimate of drug-likeness (QED) is 0.603. The van der Waals surface area contributed by atoms with Crippen molar-refractivity contribution >= 4 is 45.5 Å². The van der Waals surface area contributed by atoms with Crippen LogP contribution in [0.15, 0.2) is 29.3 Å². The minimum atomic E-state index is -5.08. The number of nitrogens with zero attached hydrogens (tertiary/aromatic N) is 1. The Kier molecular flexibility index (Phi) is 5.97. The van der Waals surface area contributed by atoms with Gasteiger partial charge < -0.3 is 10.4 Å². The number of nitrogens with one attached hydrogen (secondary N) is 1. The Hall–Kier alpha value is -2.39. The molecule has 2 heterocycles. The molecule has 1 amide bonds. The van der Waals surface area contributed by atoms with Crippen molar-refractivity contribution in [1.29, 1.82) is 0 Å². The van der Waals surface area contributed by atoms with Crippen molar-refractivity contribution in [3.63, 3.8) is 0 Å². The van der Waals surface area contributed by atoms with Crippen LogP contribution in [0.25, 0.3) is 0 Å². The Morgan fingerprint density at radius 1 is 1.23 bits per heavy atom. The number of rotatable bonds is 1. The van der Waals surface area contributed by atoms with Crippen molar-refractivity contribution in [3.05, 3.63) is 50.9 Å². The lowest BCUT2D eigenvalue weighted by atomic mass is 9.76. The Balaban J connectivity index is 0.000000318. The van der Waals surface area contributed by atoms with E-state index in [0.717, 1.165) is 41.1 Å². The SMILES string of the molecule is Cc1sc2c(c1C)C(c1ccc(Cl)cc1)=NC1(CCC1)C(=O)N2.O=C(O)C(F)(F)F. The van der Waals surface area contributed by atoms with Gasteiger partial charge >= 0.3 is 12.1 Å². The topological polar surface area (TPSA) is 78.8 Å². The highest BCUT2D eigenvalue weighted by atomic mass is 35.5. The van der Waals surface area contributed by atoms with E-state index in [4.69, 9.17) is 26.5 Å². The predicted octanol–water partition coefficient (Wildman–Crippen LogP) is 5.36. The van der Waals surface area contributed by atoms with Gasteiger partial charge in [0.25, 0.3) is 5.91 Å². The number of fused-ring (bicyclic) bond motifs is 1. The second kappa shape index (κ2) is 8.03. The van der Waals surface area contributed by atoms with Gasteiger partial charge in [-0.05, 0) is 50.8 Å². The van der Waals surface area contributed by atoms with E-state index in [0.29, 0.717) is 5.02 Å². The minimum absolute atomic E-state index is 0.0372. The van der Waals surface area contributed by atoms with Crippen LogP contribution in [0.2, 0.25) is 5.02 Å². The van der Waals surface area contributed by atoms with Gasteiger partial charge in [-0.1, -0.05) is 23.7 Å². The molecule has 4 rings (SSSR count). The highest BCUT2D eigenvalue weighted by Gasteiger charge is 2.46. The van der Waals surface area contributed by atoms with Crippen LogP contribution in [-0.2, 0) is 9.59 Å². The zero-order valence-corrected chi connectivity index (χ0v) is 17.6. The van der Waals surface area contributed by atoms with Crippen LogP contribution >= 0.6 is 22.9 Å². The predicted molar refractivity (Wildman–Crippen MR) is 110 cm³/mol. The van der Waals surface area contributed by atoms with Crippen molar-refractivity contribution < 1.29 is 27.9 Å². The molecule has 0 atom stereocenters. The van der Waals surface area contributed by atoms with Gasteiger partial charge in [-0.3, -0.25) is 9.79 Å². The summed E-state index contributed by atoms with van der Waals surface area (Å²) in [5.74, 6) is -2.72. The van der Waals surface area contributed by atoms with Crippen LogP contribution in [0.1, 0.15) is 40.8 Å². The van der Waals surface area contributed by atoms with E-state index >= 15 is 0 Å². The first kappa shape index (κ1) is 22.3. The summed E-state index contributed by atoms with van der Waals surface area (Å²) in [4.78, 5) is 27.8. The second-order valence-electron chi connectivity index (χ2n) is 7.10. The molecule has 0 unspecified atom stereocenters. The van der Waals surface area contributed by atoms with Crippen LogP contribution in [0.5, 0.6) is 0 Å². The summed E-state index contributed by atoms with van der Waals surface area (Å²) in [6, 6.07) is 7.72. The molecule has 10 heteroatoms. The monoisotopic (exact) mass is 458 g/mol. The Morgan fingerprint density at radius 2 is 1.80 bits per heavy atom. The maximum atomic E-state index is 12.7. The normalized spacial score (nSPS) is 17.0. The Labute approximate surface area is 179 Å². The van der Waals surface area contributed by atoms with Crippen molar-refractivity contribution in [2.45, 2.75) is 44.8 Å². The molecule has 5 nitrogen and oxygen atoms in total. The third-order valence-electron chi connectivity index (χ3n) is 5.14. The number of carboxylic acids is 1. The number of aliphatic imine (C=N–C) groups is 1. The molecule has 1 fully saturated rings. The van der Waals surface area contributed by atoms with Gasteiger partial charge in [-0.15, -0.1) is 11.3 Å². The van der Waals surface area contributed by atoms with Crippen molar-refractivity contribution in [1.82, 2.24) is 0 Å². The summed E-state index contributed by atoms with van der Waals surface area (Å²) >= 11 is 7.66. The molecule has 1 spiro atoms. The minimum Gasteiger partial charge on any atom is -0.475 e. The molecular formula is C20H18ClF3N2O3S. The average molecular weight is 459 g/mol. The fourth-order valence-electron chi connectivity index (χ4n) is 3.21. The molecule has 0 radical (unpaired) electrons. The molecule has 2 N–H and O–H groups in total. The third kappa shape index (κ3) is 4.22. The fraction of sp³-hybridized carbons (Fsp3) is 0.350. The van der Waals surface area contributed by atoms with Gasteiger partial charge in [0.05, 0.1) is 5.71 Å². The molecule has 2 aliphatic rings. The van der Waals surface area contributed by atoms with Crippen molar-refractivity contribution in [2.24, 2.45) is 4.99 Å². The number of halogens is 4. The second-order valence-corrected chi connectivity index (χ2v) is 8.76. The lowest BCUT2D eigenvalue weighted by molar-refractivity contribution is -0.192. The number of anilines is 1. The number of benzene rings is 1. The van der Waals surface area contributed by atoms with Crippen LogP contribution in [0.3, 0.4) is 0 Å². The molecule has 160 valence electrons. The summed E-state index contributed by atoms with van der Waals surface area (Å²) < 4.78 is 31.7. The van der Waals surface area contributed by atoms with Gasteiger partial charge in [0.15, 0.2) is 0 Å². The van der Waals surface area contributed by atoms with E-state index < -0.39 is 17.7 Å². The number of hydrogen-bond acceptors (Lipinski definition) is 4. The molecular weight excluding hydrogens is 441 g/mol. The molecule has 1 aromatic carbocycles. The number of aryl methyl sites for hydroxylation is 1. The molecule has 1 saturated carbocycles. The fourth-order valence-corrected chi connectivity index (χ4v) is 4.39. The van der Waals surface area contributed by atoms with E-state index in [1.165, 1.54) is 10.4 Å². The molecule has 0 saturated heterocycles. The summed E-state index contributed by atoms with van der Waals surface area (Å²) in [5.41, 5.74) is 3.59. The zero-order valence-electron chi connectivity index (χ0n) is 16.1. The van der Waals surface area contributed by atoms with Gasteiger partial charge in [-0.25, -0.2) is 4.79 Å². The first-order chi connectivity index (χ1) is 13.9. The van der Waals surface area contributed by atoms with Crippen LogP contribution < -0.4 is 5.32 Å². The summed E-state index contributed by atoms with van der Waals surface area (Å²) in [6.07, 6.45) is -2.39. The number of carbonyl (C=O) groups excluding carboxylic acids is 1. The van der Waals surface area contributed by atoms with E-state index in [9.17, 15) is 18.0 Å². The van der Waals surface area contributed by atoms with Crippen LogP contribution in [0.4, 0.5) is 18.2 Å². The maximum absolute atomic E-state index is 12.7. The average Bonchev–Trinajstić information content (AvgIpc) is 2.81. The number of amides is 1. The molecule has 30 heavy (non-hydrogen) atoms. The van der Waals surface area contributed by atoms with E-state index in [1.807, 2.05) is 24.3 Å². The lowest BCUT2D eigenvalue weighted by Crippen LogP contribution is -2.46.